The van der Waals surface area contributed by atoms with Crippen molar-refractivity contribution in [2.75, 3.05) is 20.3 Å². The third kappa shape index (κ3) is 6.49. The van der Waals surface area contributed by atoms with Gasteiger partial charge in [0.1, 0.15) is 5.75 Å². The number of methoxy groups -OCH3 is 1. The van der Waals surface area contributed by atoms with E-state index in [1.807, 2.05) is 36.7 Å². The van der Waals surface area contributed by atoms with Gasteiger partial charge in [-0.1, -0.05) is 6.42 Å². The topological polar surface area (TPSA) is 93.9 Å². The van der Waals surface area contributed by atoms with Gasteiger partial charge in [-0.25, -0.2) is 23.5 Å². The van der Waals surface area contributed by atoms with Crippen LogP contribution in [0.15, 0.2) is 30.9 Å². The molecule has 0 saturated carbocycles. The van der Waals surface area contributed by atoms with Crippen molar-refractivity contribution in [3.63, 3.8) is 0 Å². The highest BCUT2D eigenvalue weighted by molar-refractivity contribution is 5.75. The summed E-state index contributed by atoms with van der Waals surface area (Å²) in [6, 6.07) is 1.12. The average molecular weight is 531 g/mol. The Morgan fingerprint density at radius 1 is 1.26 bits per heavy atom. The first-order chi connectivity index (χ1) is 18.4. The van der Waals surface area contributed by atoms with E-state index < -0.39 is 6.43 Å². The van der Waals surface area contributed by atoms with Gasteiger partial charge in [-0.3, -0.25) is 4.98 Å². The first-order valence-electron chi connectivity index (χ1n) is 13.3. The molecule has 0 spiro atoms. The van der Waals surface area contributed by atoms with Crippen LogP contribution in [0.2, 0.25) is 0 Å². The minimum Gasteiger partial charge on any atom is -0.494 e. The van der Waals surface area contributed by atoms with Crippen molar-refractivity contribution in [1.29, 1.82) is 0 Å². The van der Waals surface area contributed by atoms with Crippen molar-refractivity contribution in [3.05, 3.63) is 36.5 Å². The third-order valence-corrected chi connectivity index (χ3v) is 6.96. The number of hydrogen-bond donors (Lipinski definition) is 1. The second kappa shape index (κ2) is 12.8. The van der Waals surface area contributed by atoms with Crippen LogP contribution in [0.4, 0.5) is 13.6 Å². The Hall–Kier alpha value is -3.50. The van der Waals surface area contributed by atoms with Crippen molar-refractivity contribution in [2.24, 2.45) is 0 Å². The number of halogens is 2. The molecule has 1 aliphatic heterocycles. The number of ether oxygens (including phenoxy) is 2. The van der Waals surface area contributed by atoms with Gasteiger partial charge in [-0.15, -0.1) is 0 Å². The summed E-state index contributed by atoms with van der Waals surface area (Å²) in [7, 11) is 1.58. The fourth-order valence-electron chi connectivity index (χ4n) is 4.84. The van der Waals surface area contributed by atoms with Gasteiger partial charge in [0.05, 0.1) is 37.3 Å². The summed E-state index contributed by atoms with van der Waals surface area (Å²) in [6.45, 7) is 4.74. The first kappa shape index (κ1) is 27.5. The number of amides is 2. The fourth-order valence-corrected chi connectivity index (χ4v) is 4.84. The second-order valence-corrected chi connectivity index (χ2v) is 9.53. The first-order valence-corrected chi connectivity index (χ1v) is 13.3. The maximum atomic E-state index is 13.4. The van der Waals surface area contributed by atoms with Crippen molar-refractivity contribution >= 4 is 11.7 Å². The van der Waals surface area contributed by atoms with Crippen molar-refractivity contribution < 1.29 is 23.0 Å². The van der Waals surface area contributed by atoms with E-state index in [1.165, 1.54) is 0 Å². The summed E-state index contributed by atoms with van der Waals surface area (Å²) in [4.78, 5) is 28.8. The molecule has 4 rings (SSSR count). The fraction of sp³-hybridized carbons (Fsp3) is 0.556. The van der Waals surface area contributed by atoms with Gasteiger partial charge < -0.3 is 24.1 Å². The molecule has 206 valence electrons. The number of fused-ring (bicyclic) bond motifs is 7. The lowest BCUT2D eigenvalue weighted by atomic mass is 10.0. The van der Waals surface area contributed by atoms with Crippen molar-refractivity contribution in [2.45, 2.75) is 77.3 Å². The maximum Gasteiger partial charge on any atom is 0.318 e. The van der Waals surface area contributed by atoms with E-state index in [2.05, 4.69) is 15.3 Å². The zero-order valence-corrected chi connectivity index (χ0v) is 22.2. The normalized spacial score (nSPS) is 19.2. The monoisotopic (exact) mass is 530 g/mol. The zero-order chi connectivity index (χ0) is 27.1. The van der Waals surface area contributed by atoms with E-state index in [1.54, 1.807) is 24.4 Å². The SMILES string of the molecule is CCN1C(=O)NC(CCCC(F)F)CCCCCOc2nc(cn3ccnc23)-c2cc(ncc2OC)[C@H]1C. The minimum atomic E-state index is -2.34. The lowest BCUT2D eigenvalue weighted by molar-refractivity contribution is 0.132. The van der Waals surface area contributed by atoms with Crippen LogP contribution in [0.5, 0.6) is 11.6 Å². The summed E-state index contributed by atoms with van der Waals surface area (Å²) in [5.41, 5.74) is 2.65. The van der Waals surface area contributed by atoms with Crippen molar-refractivity contribution in [3.8, 4) is 22.9 Å². The zero-order valence-electron chi connectivity index (χ0n) is 22.2. The molecule has 0 saturated heterocycles. The standard InChI is InChI=1S/C27H36F2N6O3/c1-4-35-18(2)21-15-20(23(37-3)16-31-21)22-17-34-13-12-30-25(34)26(33-22)38-14-7-5-6-9-19(32-27(35)36)10-8-11-24(28)29/h12-13,15-19,24H,4-11,14H2,1-3H3,(H,32,36)/t18-,19?/m1/s1. The molecule has 1 aliphatic rings. The number of carbonyl (C=O) groups excluding carboxylic acids is 1. The Kier molecular flexibility index (Phi) is 9.30. The van der Waals surface area contributed by atoms with Gasteiger partial charge in [-0.05, 0) is 52.0 Å². The number of nitrogens with one attached hydrogen (secondary N) is 1. The van der Waals surface area contributed by atoms with Gasteiger partial charge in [-0.2, -0.15) is 0 Å². The molecule has 0 aromatic carbocycles. The highest BCUT2D eigenvalue weighted by atomic mass is 19.3. The molecule has 0 aliphatic carbocycles. The van der Waals surface area contributed by atoms with E-state index >= 15 is 0 Å². The van der Waals surface area contributed by atoms with E-state index in [0.29, 0.717) is 61.1 Å². The van der Waals surface area contributed by atoms with E-state index in [4.69, 9.17) is 14.5 Å². The number of hydrogen-bond acceptors (Lipinski definition) is 6. The van der Waals surface area contributed by atoms with Gasteiger partial charge in [0.15, 0.2) is 0 Å². The molecule has 3 aromatic rings. The molecule has 3 aromatic heterocycles. The van der Waals surface area contributed by atoms with Crippen LogP contribution < -0.4 is 14.8 Å². The van der Waals surface area contributed by atoms with Crippen molar-refractivity contribution in [1.82, 2.24) is 29.6 Å². The highest BCUT2D eigenvalue weighted by Crippen LogP contribution is 2.33. The molecular weight excluding hydrogens is 494 g/mol. The quantitative estimate of drug-likeness (QED) is 0.443. The Balaban J connectivity index is 1.70. The van der Waals surface area contributed by atoms with Crippen LogP contribution in [0, 0.1) is 0 Å². The van der Waals surface area contributed by atoms with Gasteiger partial charge in [0.2, 0.25) is 12.1 Å². The van der Waals surface area contributed by atoms with Crippen LogP contribution in [-0.4, -0.2) is 63.0 Å². The molecule has 2 amide bonds. The maximum absolute atomic E-state index is 13.4. The molecule has 1 N–H and O–H groups in total. The molecule has 1 unspecified atom stereocenters. The van der Waals surface area contributed by atoms with Gasteiger partial charge in [0, 0.05) is 43.2 Å². The summed E-state index contributed by atoms with van der Waals surface area (Å²) < 4.78 is 39.1. The lowest BCUT2D eigenvalue weighted by Gasteiger charge is -2.30. The molecule has 2 atom stereocenters. The van der Waals surface area contributed by atoms with Crippen LogP contribution in [0.25, 0.3) is 16.9 Å². The van der Waals surface area contributed by atoms with E-state index in [0.717, 1.165) is 24.8 Å². The molecule has 38 heavy (non-hydrogen) atoms. The molecule has 4 heterocycles. The largest absolute Gasteiger partial charge is 0.494 e. The average Bonchev–Trinajstić information content (AvgIpc) is 3.38. The molecular formula is C27H36F2N6O3. The van der Waals surface area contributed by atoms with Gasteiger partial charge in [0.25, 0.3) is 5.88 Å². The van der Waals surface area contributed by atoms with Crippen LogP contribution >= 0.6 is 0 Å². The third-order valence-electron chi connectivity index (χ3n) is 6.96. The van der Waals surface area contributed by atoms with E-state index in [-0.39, 0.29) is 24.5 Å². The summed E-state index contributed by atoms with van der Waals surface area (Å²) in [5.74, 6) is 0.977. The Morgan fingerprint density at radius 2 is 2.11 bits per heavy atom. The number of urea groups is 1. The number of aromatic nitrogens is 4. The molecule has 4 bridgehead atoms. The summed E-state index contributed by atoms with van der Waals surface area (Å²) >= 11 is 0. The molecule has 9 nitrogen and oxygen atoms in total. The summed E-state index contributed by atoms with van der Waals surface area (Å²) in [5, 5.41) is 3.11. The number of nitrogens with zero attached hydrogens (tertiary/aromatic N) is 5. The lowest BCUT2D eigenvalue weighted by Crippen LogP contribution is -2.46. The van der Waals surface area contributed by atoms with E-state index in [9.17, 15) is 13.6 Å². The Morgan fingerprint density at radius 3 is 2.87 bits per heavy atom. The predicted octanol–water partition coefficient (Wildman–Crippen LogP) is 5.65. The predicted molar refractivity (Wildman–Crippen MR) is 140 cm³/mol. The number of pyridine rings is 1. The number of alkyl halides is 2. The van der Waals surface area contributed by atoms with Crippen LogP contribution in [-0.2, 0) is 0 Å². The number of rotatable bonds is 6. The number of imidazole rings is 1. The molecule has 0 fully saturated rings. The van der Waals surface area contributed by atoms with Crippen LogP contribution in [0.1, 0.15) is 70.5 Å². The Bertz CT molecular complexity index is 1220. The smallest absolute Gasteiger partial charge is 0.318 e. The number of carbonyl (C=O) groups is 1. The highest BCUT2D eigenvalue weighted by Gasteiger charge is 2.25. The summed E-state index contributed by atoms with van der Waals surface area (Å²) in [6.07, 6.45) is 8.62. The second-order valence-electron chi connectivity index (χ2n) is 9.53. The minimum absolute atomic E-state index is 0.166. The molecule has 0 radical (unpaired) electrons. The van der Waals surface area contributed by atoms with Crippen LogP contribution in [0.3, 0.4) is 0 Å². The van der Waals surface area contributed by atoms with Gasteiger partial charge >= 0.3 is 6.03 Å². The Labute approximate surface area is 221 Å². The molecule has 11 heteroatoms.